The molecule has 1 saturated carbocycles. The first-order valence-electron chi connectivity index (χ1n) is 7.00. The molecule has 108 valence electrons. The van der Waals surface area contributed by atoms with Crippen molar-refractivity contribution in [3.63, 3.8) is 0 Å². The average Bonchev–Trinajstić information content (AvgIpc) is 2.47. The number of carbonyl (C=O) groups excluding carboxylic acids is 1. The zero-order valence-corrected chi connectivity index (χ0v) is 11.7. The Morgan fingerprint density at radius 1 is 1.25 bits per heavy atom. The highest BCUT2D eigenvalue weighted by atomic mass is 16.5. The molecule has 4 heteroatoms. The second-order valence-corrected chi connectivity index (χ2v) is 5.42. The fourth-order valence-corrected chi connectivity index (χ4v) is 2.86. The van der Waals surface area contributed by atoms with Crippen LogP contribution in [-0.2, 0) is 4.79 Å². The molecule has 0 bridgehead atoms. The van der Waals surface area contributed by atoms with Gasteiger partial charge in [0.15, 0.2) is 5.78 Å². The summed E-state index contributed by atoms with van der Waals surface area (Å²) in [5, 5.41) is 9.07. The Morgan fingerprint density at radius 2 is 1.95 bits per heavy atom. The third-order valence-electron chi connectivity index (χ3n) is 4.02. The van der Waals surface area contributed by atoms with Crippen LogP contribution in [0.2, 0.25) is 0 Å². The average molecular weight is 276 g/mol. The topological polar surface area (TPSA) is 63.6 Å². The summed E-state index contributed by atoms with van der Waals surface area (Å²) in [6, 6.07) is 7.07. The maximum absolute atomic E-state index is 12.2. The minimum Gasteiger partial charge on any atom is -0.497 e. The molecule has 0 spiro atoms. The van der Waals surface area contributed by atoms with Crippen LogP contribution in [0, 0.1) is 11.8 Å². The summed E-state index contributed by atoms with van der Waals surface area (Å²) in [5.41, 5.74) is 0.670. The fourth-order valence-electron chi connectivity index (χ4n) is 2.86. The van der Waals surface area contributed by atoms with Crippen LogP contribution >= 0.6 is 0 Å². The number of carbonyl (C=O) groups is 2. The highest BCUT2D eigenvalue weighted by Gasteiger charge is 2.28. The Morgan fingerprint density at radius 3 is 2.55 bits per heavy atom. The molecule has 0 unspecified atom stereocenters. The minimum absolute atomic E-state index is 0.0868. The number of Topliss-reactive ketones (excluding diaryl/α,β-unsaturated/α-hetero) is 1. The van der Waals surface area contributed by atoms with Gasteiger partial charge in [0.1, 0.15) is 5.75 Å². The molecule has 1 aliphatic rings. The van der Waals surface area contributed by atoms with Gasteiger partial charge in [0.25, 0.3) is 0 Å². The predicted molar refractivity (Wildman–Crippen MR) is 75.0 cm³/mol. The molecular formula is C16H20O4. The van der Waals surface area contributed by atoms with E-state index in [-0.39, 0.29) is 17.6 Å². The smallest absolute Gasteiger partial charge is 0.306 e. The third-order valence-corrected chi connectivity index (χ3v) is 4.02. The van der Waals surface area contributed by atoms with Crippen molar-refractivity contribution in [3.05, 3.63) is 29.8 Å². The Labute approximate surface area is 118 Å². The largest absolute Gasteiger partial charge is 0.497 e. The number of ether oxygens (including phenoxy) is 1. The van der Waals surface area contributed by atoms with E-state index < -0.39 is 5.97 Å². The second-order valence-electron chi connectivity index (χ2n) is 5.42. The summed E-state index contributed by atoms with van der Waals surface area (Å²) in [6.07, 6.45) is 3.65. The maximum Gasteiger partial charge on any atom is 0.306 e. The van der Waals surface area contributed by atoms with Gasteiger partial charge in [0.2, 0.25) is 0 Å². The molecule has 1 aliphatic carbocycles. The lowest BCUT2D eigenvalue weighted by Gasteiger charge is -2.26. The van der Waals surface area contributed by atoms with Crippen molar-refractivity contribution >= 4 is 11.8 Å². The van der Waals surface area contributed by atoms with Gasteiger partial charge < -0.3 is 9.84 Å². The van der Waals surface area contributed by atoms with E-state index in [2.05, 4.69) is 0 Å². The molecule has 2 rings (SSSR count). The van der Waals surface area contributed by atoms with Crippen LogP contribution in [0.25, 0.3) is 0 Å². The van der Waals surface area contributed by atoms with E-state index in [9.17, 15) is 9.59 Å². The highest BCUT2D eigenvalue weighted by Crippen LogP contribution is 2.32. The Kier molecular flexibility index (Phi) is 4.77. The lowest BCUT2D eigenvalue weighted by atomic mass is 9.78. The zero-order valence-electron chi connectivity index (χ0n) is 11.7. The van der Waals surface area contributed by atoms with E-state index in [0.717, 1.165) is 25.0 Å². The van der Waals surface area contributed by atoms with E-state index in [0.29, 0.717) is 18.4 Å². The van der Waals surface area contributed by atoms with Gasteiger partial charge in [-0.15, -0.1) is 0 Å². The Hall–Kier alpha value is -1.84. The summed E-state index contributed by atoms with van der Waals surface area (Å²) < 4.78 is 5.06. The monoisotopic (exact) mass is 276 g/mol. The summed E-state index contributed by atoms with van der Waals surface area (Å²) in [7, 11) is 1.59. The maximum atomic E-state index is 12.2. The first-order valence-corrected chi connectivity index (χ1v) is 7.00. The summed E-state index contributed by atoms with van der Waals surface area (Å²) in [6.45, 7) is 0. The lowest BCUT2D eigenvalue weighted by Crippen LogP contribution is -2.24. The van der Waals surface area contributed by atoms with Crippen molar-refractivity contribution in [2.75, 3.05) is 7.11 Å². The van der Waals surface area contributed by atoms with Gasteiger partial charge >= 0.3 is 5.97 Å². The molecule has 20 heavy (non-hydrogen) atoms. The van der Waals surface area contributed by atoms with Crippen LogP contribution in [-0.4, -0.2) is 24.0 Å². The van der Waals surface area contributed by atoms with Gasteiger partial charge in [-0.1, -0.05) is 6.42 Å². The highest BCUT2D eigenvalue weighted by molar-refractivity contribution is 5.96. The van der Waals surface area contributed by atoms with Crippen LogP contribution in [0.3, 0.4) is 0 Å². The molecule has 0 aliphatic heterocycles. The lowest BCUT2D eigenvalue weighted by molar-refractivity contribution is -0.143. The quantitative estimate of drug-likeness (QED) is 0.839. The van der Waals surface area contributed by atoms with Crippen molar-refractivity contribution < 1.29 is 19.4 Å². The van der Waals surface area contributed by atoms with Gasteiger partial charge in [-0.05, 0) is 49.4 Å². The third kappa shape index (κ3) is 3.59. The van der Waals surface area contributed by atoms with Crippen LogP contribution in [0.4, 0.5) is 0 Å². The number of hydrogen-bond acceptors (Lipinski definition) is 3. The number of aliphatic carboxylic acids is 1. The minimum atomic E-state index is -0.730. The SMILES string of the molecule is COc1ccc(C(=O)C[C@H]2CCC[C@@H](C(=O)O)C2)cc1. The fraction of sp³-hybridized carbons (Fsp3) is 0.500. The second kappa shape index (κ2) is 6.55. The number of carboxylic acid groups (broad SMARTS) is 1. The number of benzene rings is 1. The molecule has 0 heterocycles. The van der Waals surface area contributed by atoms with Crippen molar-refractivity contribution in [1.82, 2.24) is 0 Å². The van der Waals surface area contributed by atoms with E-state index in [1.165, 1.54) is 0 Å². The summed E-state index contributed by atoms with van der Waals surface area (Å²) >= 11 is 0. The summed E-state index contributed by atoms with van der Waals surface area (Å²) in [4.78, 5) is 23.2. The number of ketones is 1. The normalized spacial score (nSPS) is 22.2. The molecule has 0 aromatic heterocycles. The molecule has 1 aromatic rings. The molecule has 1 aromatic carbocycles. The van der Waals surface area contributed by atoms with Gasteiger partial charge in [-0.3, -0.25) is 9.59 Å². The van der Waals surface area contributed by atoms with E-state index in [1.807, 2.05) is 0 Å². The molecule has 0 saturated heterocycles. The Bertz CT molecular complexity index is 478. The molecule has 0 amide bonds. The first kappa shape index (κ1) is 14.6. The van der Waals surface area contributed by atoms with Crippen molar-refractivity contribution in [1.29, 1.82) is 0 Å². The first-order chi connectivity index (χ1) is 9.60. The van der Waals surface area contributed by atoms with Crippen LogP contribution in [0.15, 0.2) is 24.3 Å². The molecule has 2 atom stereocenters. The van der Waals surface area contributed by atoms with Crippen molar-refractivity contribution in [2.45, 2.75) is 32.1 Å². The predicted octanol–water partition coefficient (Wildman–Crippen LogP) is 3.16. The van der Waals surface area contributed by atoms with Gasteiger partial charge in [0.05, 0.1) is 13.0 Å². The number of carboxylic acids is 1. The van der Waals surface area contributed by atoms with Gasteiger partial charge in [-0.2, -0.15) is 0 Å². The standard InChI is InChI=1S/C16H20O4/c1-20-14-7-5-12(6-8-14)15(17)10-11-3-2-4-13(9-11)16(18)19/h5-8,11,13H,2-4,9-10H2,1H3,(H,18,19)/t11-,13+/m0/s1. The van der Waals surface area contributed by atoms with E-state index in [1.54, 1.807) is 31.4 Å². The summed E-state index contributed by atoms with van der Waals surface area (Å²) in [5.74, 6) is -0.00249. The number of methoxy groups -OCH3 is 1. The van der Waals surface area contributed by atoms with Crippen LogP contribution < -0.4 is 4.74 Å². The molecular weight excluding hydrogens is 256 g/mol. The van der Waals surface area contributed by atoms with E-state index >= 15 is 0 Å². The van der Waals surface area contributed by atoms with Gasteiger partial charge in [0, 0.05) is 12.0 Å². The molecule has 4 nitrogen and oxygen atoms in total. The molecule has 1 N–H and O–H groups in total. The molecule has 0 radical (unpaired) electrons. The van der Waals surface area contributed by atoms with E-state index in [4.69, 9.17) is 9.84 Å². The number of hydrogen-bond donors (Lipinski definition) is 1. The zero-order chi connectivity index (χ0) is 14.5. The number of rotatable bonds is 5. The van der Waals surface area contributed by atoms with Crippen LogP contribution in [0.5, 0.6) is 5.75 Å². The van der Waals surface area contributed by atoms with Crippen molar-refractivity contribution in [2.24, 2.45) is 11.8 Å². The van der Waals surface area contributed by atoms with Gasteiger partial charge in [-0.25, -0.2) is 0 Å². The Balaban J connectivity index is 1.94. The van der Waals surface area contributed by atoms with Crippen molar-refractivity contribution in [3.8, 4) is 5.75 Å². The van der Waals surface area contributed by atoms with Crippen LogP contribution in [0.1, 0.15) is 42.5 Å². The molecule has 1 fully saturated rings.